The Bertz CT molecular complexity index is 258. The molecule has 0 radical (unpaired) electrons. The summed E-state index contributed by atoms with van der Waals surface area (Å²) >= 11 is 1.17. The highest BCUT2D eigenvalue weighted by Crippen LogP contribution is 2.30. The minimum atomic E-state index is -0.734. The molecule has 0 aromatic carbocycles. The number of thioether (sulfide) groups is 1. The minimum Gasteiger partial charge on any atom is -0.363 e. The average molecular weight is 156 g/mol. The summed E-state index contributed by atoms with van der Waals surface area (Å²) < 4.78 is 0. The van der Waals surface area contributed by atoms with Crippen LogP contribution < -0.4 is 5.32 Å². The van der Waals surface area contributed by atoms with Gasteiger partial charge < -0.3 is 10.4 Å². The van der Waals surface area contributed by atoms with Gasteiger partial charge in [0.15, 0.2) is 0 Å². The number of carbonyl (C=O) groups is 1. The van der Waals surface area contributed by atoms with Gasteiger partial charge in [0.25, 0.3) is 5.91 Å². The van der Waals surface area contributed by atoms with E-state index in [4.69, 9.17) is 5.11 Å². The maximum atomic E-state index is 10.6. The molecule has 1 atom stereocenters. The highest BCUT2D eigenvalue weighted by molar-refractivity contribution is 8.04. The summed E-state index contributed by atoms with van der Waals surface area (Å²) in [5.41, 5.74) is -0.734. The molecule has 0 saturated heterocycles. The first-order chi connectivity index (χ1) is 4.75. The molecule has 2 aliphatic rings. The van der Waals surface area contributed by atoms with Crippen LogP contribution in [0.1, 0.15) is 0 Å². The molecule has 0 bridgehead atoms. The van der Waals surface area contributed by atoms with Crippen molar-refractivity contribution in [2.75, 3.05) is 0 Å². The summed E-state index contributed by atoms with van der Waals surface area (Å²) in [5, 5.41) is 11.4. The summed E-state index contributed by atoms with van der Waals surface area (Å²) in [6.07, 6.45) is 1.43. The maximum Gasteiger partial charge on any atom is 0.250 e. The quantitative estimate of drug-likeness (QED) is 0.493. The van der Waals surface area contributed by atoms with Gasteiger partial charge >= 0.3 is 0 Å². The van der Waals surface area contributed by atoms with E-state index >= 15 is 0 Å². The van der Waals surface area contributed by atoms with Crippen LogP contribution in [0.2, 0.25) is 0 Å². The van der Waals surface area contributed by atoms with Gasteiger partial charge in [-0.2, -0.15) is 0 Å². The third-order valence-corrected chi connectivity index (χ3v) is 2.09. The minimum absolute atomic E-state index is 0.159. The Morgan fingerprint density at radius 2 is 2.60 bits per heavy atom. The van der Waals surface area contributed by atoms with Crippen molar-refractivity contribution in [3.05, 3.63) is 11.0 Å². The van der Waals surface area contributed by atoms with Crippen molar-refractivity contribution in [2.45, 2.75) is 5.56 Å². The van der Waals surface area contributed by atoms with Gasteiger partial charge in [-0.25, -0.2) is 4.99 Å². The molecule has 0 aromatic rings. The second kappa shape index (κ2) is 1.83. The van der Waals surface area contributed by atoms with Gasteiger partial charge in [-0.15, -0.1) is 0 Å². The molecule has 0 fully saturated rings. The van der Waals surface area contributed by atoms with Crippen molar-refractivity contribution in [2.24, 2.45) is 4.99 Å². The first kappa shape index (κ1) is 5.94. The van der Waals surface area contributed by atoms with E-state index < -0.39 is 5.56 Å². The molecular weight excluding hydrogens is 152 g/mol. The van der Waals surface area contributed by atoms with Gasteiger partial charge in [0.2, 0.25) is 5.56 Å². The molecule has 2 rings (SSSR count). The van der Waals surface area contributed by atoms with Crippen LogP contribution in [0, 0.1) is 0 Å². The van der Waals surface area contributed by atoms with E-state index in [1.54, 1.807) is 0 Å². The van der Waals surface area contributed by atoms with Crippen molar-refractivity contribution in [1.29, 1.82) is 0 Å². The molecule has 10 heavy (non-hydrogen) atoms. The topological polar surface area (TPSA) is 61.7 Å². The number of carbonyl (C=O) groups excluding carboxylic acids is 1. The van der Waals surface area contributed by atoms with Crippen LogP contribution in [-0.2, 0) is 4.79 Å². The molecule has 1 unspecified atom stereocenters. The summed E-state index contributed by atoms with van der Waals surface area (Å²) in [7, 11) is 0. The first-order valence-electron chi connectivity index (χ1n) is 2.71. The summed E-state index contributed by atoms with van der Waals surface area (Å²) in [6.45, 7) is 0. The van der Waals surface area contributed by atoms with Crippen molar-refractivity contribution in [1.82, 2.24) is 5.32 Å². The summed E-state index contributed by atoms with van der Waals surface area (Å²) in [4.78, 5) is 15.1. The number of amidine groups is 1. The fourth-order valence-electron chi connectivity index (χ4n) is 0.838. The molecule has 0 spiro atoms. The van der Waals surface area contributed by atoms with E-state index in [0.29, 0.717) is 5.84 Å². The van der Waals surface area contributed by atoms with E-state index in [1.165, 1.54) is 17.8 Å². The average Bonchev–Trinajstić information content (AvgIpc) is 2.21. The fraction of sp³-hybridized carbons (Fsp3) is 0.200. The zero-order chi connectivity index (χ0) is 7.14. The second-order valence-electron chi connectivity index (χ2n) is 1.92. The molecule has 0 aliphatic carbocycles. The lowest BCUT2D eigenvalue weighted by Crippen LogP contribution is -2.21. The van der Waals surface area contributed by atoms with E-state index in [9.17, 15) is 4.79 Å². The number of rotatable bonds is 0. The zero-order valence-electron chi connectivity index (χ0n) is 4.87. The molecule has 52 valence electrons. The van der Waals surface area contributed by atoms with E-state index in [-0.39, 0.29) is 5.91 Å². The van der Waals surface area contributed by atoms with E-state index in [1.807, 2.05) is 0 Å². The molecule has 4 nitrogen and oxygen atoms in total. The predicted octanol–water partition coefficient (Wildman–Crippen LogP) is -0.579. The number of aliphatic hydroxyl groups excluding tert-OH is 1. The number of amides is 1. The predicted molar refractivity (Wildman–Crippen MR) is 37.3 cm³/mol. The van der Waals surface area contributed by atoms with E-state index in [0.717, 1.165) is 4.91 Å². The lowest BCUT2D eigenvalue weighted by molar-refractivity contribution is -0.114. The normalized spacial score (nSPS) is 29.3. The SMILES string of the molecule is O=C1C=C2SC(O)N=C2N1. The zero-order valence-corrected chi connectivity index (χ0v) is 5.68. The molecule has 0 saturated carbocycles. The Kier molecular flexibility index (Phi) is 1.09. The molecule has 5 heteroatoms. The number of nitrogens with zero attached hydrogens (tertiary/aromatic N) is 1. The van der Waals surface area contributed by atoms with Gasteiger partial charge in [0.05, 0.1) is 4.91 Å². The smallest absolute Gasteiger partial charge is 0.250 e. The molecular formula is C5H4N2O2S. The monoisotopic (exact) mass is 156 g/mol. The summed E-state index contributed by atoms with van der Waals surface area (Å²) in [5.74, 6) is 0.343. The standard InChI is InChI=1S/C5H4N2O2S/c8-3-1-2-4(6-3)7-5(9)10-2/h1,5,9H,(H,6,7,8). The molecule has 2 aliphatic heterocycles. The van der Waals surface area contributed by atoms with Crippen molar-refractivity contribution < 1.29 is 9.90 Å². The van der Waals surface area contributed by atoms with Crippen molar-refractivity contribution >= 4 is 23.5 Å². The highest BCUT2D eigenvalue weighted by Gasteiger charge is 2.27. The van der Waals surface area contributed by atoms with Crippen LogP contribution in [0.25, 0.3) is 0 Å². The maximum absolute atomic E-state index is 10.6. The van der Waals surface area contributed by atoms with Crippen molar-refractivity contribution in [3.63, 3.8) is 0 Å². The number of fused-ring (bicyclic) bond motifs is 1. The Labute approximate surface area is 61.0 Å². The van der Waals surface area contributed by atoms with Crippen LogP contribution >= 0.6 is 11.8 Å². The van der Waals surface area contributed by atoms with Gasteiger partial charge in [-0.3, -0.25) is 4.79 Å². The lowest BCUT2D eigenvalue weighted by Gasteiger charge is -1.91. The van der Waals surface area contributed by atoms with Crippen LogP contribution in [0.5, 0.6) is 0 Å². The molecule has 1 amide bonds. The first-order valence-corrected chi connectivity index (χ1v) is 3.59. The van der Waals surface area contributed by atoms with Gasteiger partial charge in [0.1, 0.15) is 5.84 Å². The number of hydrogen-bond acceptors (Lipinski definition) is 4. The molecule has 2 N–H and O–H groups in total. The third-order valence-electron chi connectivity index (χ3n) is 1.21. The lowest BCUT2D eigenvalue weighted by atomic mass is 10.5. The molecule has 0 aromatic heterocycles. The van der Waals surface area contributed by atoms with Gasteiger partial charge in [-0.1, -0.05) is 11.8 Å². The molecule has 2 heterocycles. The van der Waals surface area contributed by atoms with Gasteiger partial charge in [0, 0.05) is 6.08 Å². The van der Waals surface area contributed by atoms with Crippen LogP contribution in [-0.4, -0.2) is 22.4 Å². The van der Waals surface area contributed by atoms with E-state index in [2.05, 4.69) is 10.3 Å². The highest BCUT2D eigenvalue weighted by atomic mass is 32.2. The largest absolute Gasteiger partial charge is 0.363 e. The number of nitrogens with one attached hydrogen (secondary N) is 1. The Hall–Kier alpha value is -0.810. The third kappa shape index (κ3) is 0.748. The second-order valence-corrected chi connectivity index (χ2v) is 3.02. The number of aliphatic imine (C=N–C) groups is 1. The summed E-state index contributed by atoms with van der Waals surface area (Å²) in [6, 6.07) is 0. The van der Waals surface area contributed by atoms with Gasteiger partial charge in [-0.05, 0) is 0 Å². The Balaban J connectivity index is 2.34. The number of hydrogen-bond donors (Lipinski definition) is 2. The van der Waals surface area contributed by atoms with Crippen LogP contribution in [0.4, 0.5) is 0 Å². The number of aliphatic hydroxyl groups is 1. The van der Waals surface area contributed by atoms with Crippen LogP contribution in [0.3, 0.4) is 0 Å². The fourth-order valence-corrected chi connectivity index (χ4v) is 1.61. The van der Waals surface area contributed by atoms with Crippen LogP contribution in [0.15, 0.2) is 16.0 Å². The van der Waals surface area contributed by atoms with Crippen molar-refractivity contribution in [3.8, 4) is 0 Å². The Morgan fingerprint density at radius 1 is 1.80 bits per heavy atom. The Morgan fingerprint density at radius 3 is 3.30 bits per heavy atom.